The Labute approximate surface area is 174 Å². The predicted molar refractivity (Wildman–Crippen MR) is 117 cm³/mol. The Hall–Kier alpha value is -2.00. The minimum Gasteiger partial charge on any atom is -0.365 e. The molecule has 27 heavy (non-hydrogen) atoms. The van der Waals surface area contributed by atoms with Crippen LogP contribution < -0.4 is 16.4 Å². The van der Waals surface area contributed by atoms with Gasteiger partial charge < -0.3 is 11.1 Å². The maximum Gasteiger partial charge on any atom is 0.269 e. The number of aryl methyl sites for hydroxylation is 1. The van der Waals surface area contributed by atoms with Crippen LogP contribution in [0.3, 0.4) is 0 Å². The van der Waals surface area contributed by atoms with Gasteiger partial charge in [0.15, 0.2) is 5.11 Å². The number of carbonyl (C=O) groups is 2. The molecule has 0 aliphatic rings. The lowest BCUT2D eigenvalue weighted by Gasteiger charge is -2.09. The first-order valence-corrected chi connectivity index (χ1v) is 10.5. The number of nitrogens with one attached hydrogen (secondary N) is 2. The zero-order chi connectivity index (χ0) is 19.7. The standard InChI is InChI=1S/C18H16ClN3O2S3/c1-3-9-8(2)26-17(12(9)15(20)23)22-18(25)21-16(24)14-13(19)10-6-4-5-7-11(10)27-14/h4-7H,3H2,1-2H3,(H2,20,23)(H2,21,22,24,25). The number of fused-ring (bicyclic) bond motifs is 1. The summed E-state index contributed by atoms with van der Waals surface area (Å²) in [7, 11) is 0. The van der Waals surface area contributed by atoms with Gasteiger partial charge in [-0.1, -0.05) is 36.7 Å². The number of primary amides is 1. The summed E-state index contributed by atoms with van der Waals surface area (Å²) in [6.07, 6.45) is 0.679. The lowest BCUT2D eigenvalue weighted by molar-refractivity contribution is 0.0979. The molecule has 0 unspecified atom stereocenters. The van der Waals surface area contributed by atoms with Crippen molar-refractivity contribution in [1.29, 1.82) is 0 Å². The minimum absolute atomic E-state index is 0.0833. The van der Waals surface area contributed by atoms with Crippen LogP contribution in [0.4, 0.5) is 5.00 Å². The lowest BCUT2D eigenvalue weighted by atomic mass is 10.1. The number of hydrogen-bond acceptors (Lipinski definition) is 5. The summed E-state index contributed by atoms with van der Waals surface area (Å²) in [5.74, 6) is -0.927. The van der Waals surface area contributed by atoms with Gasteiger partial charge in [-0.3, -0.25) is 14.9 Å². The average molecular weight is 438 g/mol. The van der Waals surface area contributed by atoms with Gasteiger partial charge in [0.2, 0.25) is 0 Å². The molecule has 2 heterocycles. The van der Waals surface area contributed by atoms with E-state index in [1.807, 2.05) is 38.1 Å². The maximum atomic E-state index is 12.6. The predicted octanol–water partition coefficient (Wildman–Crippen LogP) is 4.71. The second-order valence-corrected chi connectivity index (χ2v) is 8.77. The van der Waals surface area contributed by atoms with Crippen LogP contribution in [-0.4, -0.2) is 16.9 Å². The molecular formula is C18H16ClN3O2S3. The van der Waals surface area contributed by atoms with Gasteiger partial charge in [-0.15, -0.1) is 22.7 Å². The third kappa shape index (κ3) is 3.84. The summed E-state index contributed by atoms with van der Waals surface area (Å²) in [5.41, 5.74) is 6.82. The molecule has 0 radical (unpaired) electrons. The van der Waals surface area contributed by atoms with E-state index < -0.39 is 11.8 Å². The molecule has 1 aromatic carbocycles. The molecule has 2 amide bonds. The number of anilines is 1. The van der Waals surface area contributed by atoms with Crippen LogP contribution in [0.5, 0.6) is 0 Å². The Morgan fingerprint density at radius 3 is 2.59 bits per heavy atom. The fourth-order valence-electron chi connectivity index (χ4n) is 2.81. The highest BCUT2D eigenvalue weighted by Crippen LogP contribution is 2.35. The Morgan fingerprint density at radius 2 is 1.96 bits per heavy atom. The fourth-order valence-corrected chi connectivity index (χ4v) is 5.63. The molecule has 0 aliphatic heterocycles. The highest BCUT2D eigenvalue weighted by molar-refractivity contribution is 7.80. The van der Waals surface area contributed by atoms with Crippen molar-refractivity contribution in [3.63, 3.8) is 0 Å². The molecule has 3 rings (SSSR count). The Bertz CT molecular complexity index is 1070. The summed E-state index contributed by atoms with van der Waals surface area (Å²) in [5, 5.41) is 7.38. The highest BCUT2D eigenvalue weighted by Gasteiger charge is 2.21. The van der Waals surface area contributed by atoms with E-state index in [1.54, 1.807) is 0 Å². The van der Waals surface area contributed by atoms with E-state index in [0.717, 1.165) is 20.5 Å². The van der Waals surface area contributed by atoms with Crippen LogP contribution in [0.1, 0.15) is 37.4 Å². The van der Waals surface area contributed by atoms with E-state index >= 15 is 0 Å². The molecule has 3 aromatic rings. The van der Waals surface area contributed by atoms with Gasteiger partial charge in [0.1, 0.15) is 9.88 Å². The summed E-state index contributed by atoms with van der Waals surface area (Å²) < 4.78 is 0.920. The summed E-state index contributed by atoms with van der Waals surface area (Å²) in [4.78, 5) is 25.8. The third-order valence-corrected chi connectivity index (χ3v) is 6.95. The van der Waals surface area contributed by atoms with Crippen molar-refractivity contribution in [2.24, 2.45) is 5.73 Å². The third-order valence-electron chi connectivity index (χ3n) is 4.00. The zero-order valence-electron chi connectivity index (χ0n) is 14.5. The van der Waals surface area contributed by atoms with Crippen LogP contribution in [-0.2, 0) is 6.42 Å². The normalized spacial score (nSPS) is 10.8. The molecule has 0 saturated heterocycles. The van der Waals surface area contributed by atoms with Crippen molar-refractivity contribution in [3.05, 3.63) is 50.2 Å². The van der Waals surface area contributed by atoms with Crippen molar-refractivity contribution < 1.29 is 9.59 Å². The van der Waals surface area contributed by atoms with Crippen molar-refractivity contribution in [1.82, 2.24) is 5.32 Å². The van der Waals surface area contributed by atoms with Crippen molar-refractivity contribution >= 4 is 78.5 Å². The molecule has 5 nitrogen and oxygen atoms in total. The number of thiophene rings is 2. The molecule has 2 aromatic heterocycles. The van der Waals surface area contributed by atoms with E-state index in [9.17, 15) is 9.59 Å². The monoisotopic (exact) mass is 437 g/mol. The number of amides is 2. The number of rotatable bonds is 4. The molecule has 0 aliphatic carbocycles. The summed E-state index contributed by atoms with van der Waals surface area (Å²) >= 11 is 14.2. The first kappa shape index (κ1) is 19.8. The highest BCUT2D eigenvalue weighted by atomic mass is 35.5. The van der Waals surface area contributed by atoms with Crippen LogP contribution in [0.25, 0.3) is 10.1 Å². The van der Waals surface area contributed by atoms with E-state index in [2.05, 4.69) is 10.6 Å². The Morgan fingerprint density at radius 1 is 1.26 bits per heavy atom. The van der Waals surface area contributed by atoms with Gasteiger partial charge in [0, 0.05) is 15.0 Å². The van der Waals surface area contributed by atoms with Gasteiger partial charge in [0.05, 0.1) is 10.6 Å². The van der Waals surface area contributed by atoms with Crippen LogP contribution in [0.15, 0.2) is 24.3 Å². The fraction of sp³-hybridized carbons (Fsp3) is 0.167. The molecular weight excluding hydrogens is 422 g/mol. The van der Waals surface area contributed by atoms with E-state index in [-0.39, 0.29) is 5.11 Å². The number of nitrogens with two attached hydrogens (primary N) is 1. The number of benzene rings is 1. The molecule has 9 heteroatoms. The number of hydrogen-bond donors (Lipinski definition) is 3. The number of carbonyl (C=O) groups excluding carboxylic acids is 2. The van der Waals surface area contributed by atoms with E-state index in [4.69, 9.17) is 29.6 Å². The largest absolute Gasteiger partial charge is 0.365 e. The lowest BCUT2D eigenvalue weighted by Crippen LogP contribution is -2.34. The molecule has 0 atom stereocenters. The molecule has 0 saturated carbocycles. The Kier molecular flexibility index (Phi) is 5.81. The number of halogens is 1. The van der Waals surface area contributed by atoms with E-state index in [1.165, 1.54) is 22.7 Å². The molecule has 0 spiro atoms. The topological polar surface area (TPSA) is 84.2 Å². The quantitative estimate of drug-likeness (QED) is 0.516. The maximum absolute atomic E-state index is 12.6. The molecule has 140 valence electrons. The van der Waals surface area contributed by atoms with Crippen LogP contribution in [0, 0.1) is 6.92 Å². The second-order valence-electron chi connectivity index (χ2n) is 5.71. The molecule has 0 bridgehead atoms. The van der Waals surface area contributed by atoms with E-state index in [0.29, 0.717) is 26.9 Å². The zero-order valence-corrected chi connectivity index (χ0v) is 17.7. The van der Waals surface area contributed by atoms with Crippen molar-refractivity contribution in [2.45, 2.75) is 20.3 Å². The van der Waals surface area contributed by atoms with Gasteiger partial charge >= 0.3 is 0 Å². The van der Waals surface area contributed by atoms with Crippen LogP contribution in [0.2, 0.25) is 5.02 Å². The SMILES string of the molecule is CCc1c(C)sc(NC(=S)NC(=O)c2sc3ccccc3c2Cl)c1C(N)=O. The average Bonchev–Trinajstić information content (AvgIpc) is 3.11. The minimum atomic E-state index is -0.527. The van der Waals surface area contributed by atoms with Gasteiger partial charge in [-0.25, -0.2) is 0 Å². The van der Waals surface area contributed by atoms with Gasteiger partial charge in [-0.05, 0) is 37.2 Å². The Balaban J connectivity index is 1.81. The first-order chi connectivity index (χ1) is 12.8. The van der Waals surface area contributed by atoms with Crippen molar-refractivity contribution in [3.8, 4) is 0 Å². The summed E-state index contributed by atoms with van der Waals surface area (Å²) in [6.45, 7) is 3.87. The molecule has 0 fully saturated rings. The van der Waals surface area contributed by atoms with Crippen LogP contribution >= 0.6 is 46.5 Å². The smallest absolute Gasteiger partial charge is 0.269 e. The number of thiocarbonyl (C=S) groups is 1. The van der Waals surface area contributed by atoms with Gasteiger partial charge in [0.25, 0.3) is 11.8 Å². The van der Waals surface area contributed by atoms with Gasteiger partial charge in [-0.2, -0.15) is 0 Å². The second kappa shape index (κ2) is 7.93. The first-order valence-electron chi connectivity index (χ1n) is 8.04. The molecule has 4 N–H and O–H groups in total. The van der Waals surface area contributed by atoms with Crippen molar-refractivity contribution in [2.75, 3.05) is 5.32 Å². The summed E-state index contributed by atoms with van der Waals surface area (Å²) in [6, 6.07) is 7.52.